The van der Waals surface area contributed by atoms with E-state index in [0.717, 1.165) is 12.8 Å². The van der Waals surface area contributed by atoms with Gasteiger partial charge in [0.15, 0.2) is 0 Å². The molecule has 0 amide bonds. The fourth-order valence-electron chi connectivity index (χ4n) is 4.08. The number of carbonyl (C=O) groups excluding carboxylic acids is 2. The van der Waals surface area contributed by atoms with Gasteiger partial charge in [-0.15, -0.1) is 12.4 Å². The zero-order valence-corrected chi connectivity index (χ0v) is 15.0. The third-order valence-corrected chi connectivity index (χ3v) is 5.11. The number of hydrogen-bond acceptors (Lipinski definition) is 6. The Morgan fingerprint density at radius 1 is 1.24 bits per heavy atom. The average Bonchev–Trinajstić information content (AvgIpc) is 2.88. The molecule has 2 saturated heterocycles. The van der Waals surface area contributed by atoms with Crippen molar-refractivity contribution in [3.8, 4) is 0 Å². The molecule has 4 atom stereocenters. The first-order chi connectivity index (χ1) is 11.7. The molecule has 2 aliphatic rings. The number of ether oxygens (including phenoxy) is 2. The lowest BCUT2D eigenvalue weighted by Gasteiger charge is -2.42. The molecule has 6 nitrogen and oxygen atoms in total. The number of piperidine rings is 1. The van der Waals surface area contributed by atoms with E-state index in [1.807, 2.05) is 6.07 Å². The van der Waals surface area contributed by atoms with E-state index in [4.69, 9.17) is 9.47 Å². The fraction of sp³-hybridized carbons (Fsp3) is 0.556. The summed E-state index contributed by atoms with van der Waals surface area (Å²) in [6.07, 6.45) is 1.90. The number of hydrogen-bond donors (Lipinski definition) is 1. The van der Waals surface area contributed by atoms with Crippen molar-refractivity contribution in [2.24, 2.45) is 5.92 Å². The summed E-state index contributed by atoms with van der Waals surface area (Å²) in [5.41, 5.74) is 0.478. The van der Waals surface area contributed by atoms with Crippen LogP contribution < -0.4 is 0 Å². The lowest BCUT2D eigenvalue weighted by Crippen LogP contribution is -2.55. The number of rotatable bonds is 5. The second-order valence-corrected chi connectivity index (χ2v) is 6.35. The van der Waals surface area contributed by atoms with Crippen molar-refractivity contribution in [1.29, 1.82) is 0 Å². The molecule has 0 spiro atoms. The van der Waals surface area contributed by atoms with E-state index in [0.29, 0.717) is 18.5 Å². The second kappa shape index (κ2) is 8.65. The SMILES string of the molecule is COC(=O)C1C(OC(=O)c2ccccc2)CC2CCC1N2CCO.Cl. The molecule has 0 saturated carbocycles. The predicted octanol–water partition coefficient (Wildman–Crippen LogP) is 1.65. The van der Waals surface area contributed by atoms with E-state index in [9.17, 15) is 14.7 Å². The second-order valence-electron chi connectivity index (χ2n) is 6.35. The molecule has 2 aliphatic heterocycles. The highest BCUT2D eigenvalue weighted by atomic mass is 35.5. The van der Waals surface area contributed by atoms with Gasteiger partial charge >= 0.3 is 11.9 Å². The van der Waals surface area contributed by atoms with Gasteiger partial charge in [-0.1, -0.05) is 18.2 Å². The Bertz CT molecular complexity index is 596. The first-order valence-electron chi connectivity index (χ1n) is 8.36. The van der Waals surface area contributed by atoms with Crippen molar-refractivity contribution in [2.45, 2.75) is 37.5 Å². The Labute approximate surface area is 153 Å². The molecular weight excluding hydrogens is 346 g/mol. The van der Waals surface area contributed by atoms with Gasteiger partial charge in [-0.05, 0) is 25.0 Å². The number of methoxy groups -OCH3 is 1. The van der Waals surface area contributed by atoms with Crippen LogP contribution in [0.15, 0.2) is 30.3 Å². The summed E-state index contributed by atoms with van der Waals surface area (Å²) in [6.45, 7) is 0.581. The van der Waals surface area contributed by atoms with Crippen LogP contribution >= 0.6 is 12.4 Å². The van der Waals surface area contributed by atoms with Crippen LogP contribution in [-0.2, 0) is 14.3 Å². The van der Waals surface area contributed by atoms with Gasteiger partial charge in [0.05, 0.1) is 19.3 Å². The number of nitrogens with zero attached hydrogens (tertiary/aromatic N) is 1. The molecular formula is C18H24ClNO5. The molecule has 138 valence electrons. The zero-order valence-electron chi connectivity index (χ0n) is 14.2. The van der Waals surface area contributed by atoms with E-state index >= 15 is 0 Å². The highest BCUT2D eigenvalue weighted by molar-refractivity contribution is 5.89. The minimum Gasteiger partial charge on any atom is -0.469 e. The first-order valence-corrected chi connectivity index (χ1v) is 8.36. The Morgan fingerprint density at radius 2 is 1.96 bits per heavy atom. The maximum Gasteiger partial charge on any atom is 0.338 e. The number of benzene rings is 1. The van der Waals surface area contributed by atoms with Crippen LogP contribution in [0.4, 0.5) is 0 Å². The molecule has 2 fully saturated rings. The van der Waals surface area contributed by atoms with E-state index in [-0.39, 0.29) is 37.1 Å². The van der Waals surface area contributed by atoms with Crippen molar-refractivity contribution >= 4 is 24.3 Å². The molecule has 4 unspecified atom stereocenters. The average molecular weight is 370 g/mol. The molecule has 3 rings (SSSR count). The van der Waals surface area contributed by atoms with E-state index in [2.05, 4.69) is 4.90 Å². The summed E-state index contributed by atoms with van der Waals surface area (Å²) in [5.74, 6) is -1.27. The van der Waals surface area contributed by atoms with Crippen LogP contribution in [0.3, 0.4) is 0 Å². The van der Waals surface area contributed by atoms with Gasteiger partial charge in [-0.2, -0.15) is 0 Å². The number of carbonyl (C=O) groups is 2. The molecule has 25 heavy (non-hydrogen) atoms. The van der Waals surface area contributed by atoms with Crippen LogP contribution in [-0.4, -0.2) is 60.4 Å². The quantitative estimate of drug-likeness (QED) is 0.795. The number of esters is 2. The van der Waals surface area contributed by atoms with Crippen LogP contribution in [0.25, 0.3) is 0 Å². The van der Waals surface area contributed by atoms with Gasteiger partial charge in [0.2, 0.25) is 0 Å². The van der Waals surface area contributed by atoms with Crippen LogP contribution in [0.1, 0.15) is 29.6 Å². The minimum absolute atomic E-state index is 0. The van der Waals surface area contributed by atoms with Gasteiger partial charge in [-0.3, -0.25) is 9.69 Å². The maximum absolute atomic E-state index is 12.4. The summed E-state index contributed by atoms with van der Waals surface area (Å²) in [4.78, 5) is 26.9. The van der Waals surface area contributed by atoms with Gasteiger partial charge in [0, 0.05) is 25.0 Å². The van der Waals surface area contributed by atoms with Crippen molar-refractivity contribution in [1.82, 2.24) is 4.90 Å². The summed E-state index contributed by atoms with van der Waals surface area (Å²) < 4.78 is 10.7. The van der Waals surface area contributed by atoms with Crippen molar-refractivity contribution in [3.63, 3.8) is 0 Å². The highest BCUT2D eigenvalue weighted by Gasteiger charge is 2.52. The Kier molecular flexibility index (Phi) is 6.81. The Hall–Kier alpha value is -1.63. The molecule has 2 heterocycles. The van der Waals surface area contributed by atoms with Gasteiger partial charge in [0.1, 0.15) is 12.0 Å². The molecule has 1 N–H and O–H groups in total. The summed E-state index contributed by atoms with van der Waals surface area (Å²) >= 11 is 0. The third kappa shape index (κ3) is 3.97. The normalized spacial score (nSPS) is 28.1. The van der Waals surface area contributed by atoms with Crippen LogP contribution in [0, 0.1) is 5.92 Å². The first kappa shape index (κ1) is 19.7. The number of aliphatic hydroxyl groups excluding tert-OH is 1. The van der Waals surface area contributed by atoms with E-state index in [1.165, 1.54) is 7.11 Å². The summed E-state index contributed by atoms with van der Waals surface area (Å²) in [7, 11) is 1.36. The van der Waals surface area contributed by atoms with Gasteiger partial charge < -0.3 is 14.6 Å². The van der Waals surface area contributed by atoms with Crippen LogP contribution in [0.5, 0.6) is 0 Å². The Balaban J connectivity index is 0.00000225. The van der Waals surface area contributed by atoms with E-state index < -0.39 is 18.0 Å². The minimum atomic E-state index is -0.507. The summed E-state index contributed by atoms with van der Waals surface area (Å²) in [5, 5.41) is 9.28. The Morgan fingerprint density at radius 3 is 2.60 bits per heavy atom. The molecule has 0 aromatic heterocycles. The van der Waals surface area contributed by atoms with Crippen molar-refractivity contribution < 1.29 is 24.2 Å². The topological polar surface area (TPSA) is 76.1 Å². The fourth-order valence-corrected chi connectivity index (χ4v) is 4.08. The van der Waals surface area contributed by atoms with Crippen LogP contribution in [0.2, 0.25) is 0 Å². The lowest BCUT2D eigenvalue weighted by atomic mass is 9.87. The van der Waals surface area contributed by atoms with Crippen molar-refractivity contribution in [2.75, 3.05) is 20.3 Å². The molecule has 1 aromatic carbocycles. The van der Waals surface area contributed by atoms with Crippen molar-refractivity contribution in [3.05, 3.63) is 35.9 Å². The van der Waals surface area contributed by atoms with Gasteiger partial charge in [-0.25, -0.2) is 4.79 Å². The number of aliphatic hydroxyl groups is 1. The monoisotopic (exact) mass is 369 g/mol. The molecule has 7 heteroatoms. The predicted molar refractivity (Wildman–Crippen MR) is 93.6 cm³/mol. The molecule has 0 radical (unpaired) electrons. The number of halogens is 1. The van der Waals surface area contributed by atoms with E-state index in [1.54, 1.807) is 24.3 Å². The smallest absolute Gasteiger partial charge is 0.338 e. The molecule has 0 aliphatic carbocycles. The standard InChI is InChI=1S/C18H23NO5.ClH/c1-23-18(22)16-14-8-7-13(19(14)9-10-20)11-15(16)24-17(21)12-5-3-2-4-6-12;/h2-6,13-16,20H,7-11H2,1H3;1H. The molecule has 2 bridgehead atoms. The summed E-state index contributed by atoms with van der Waals surface area (Å²) in [6, 6.07) is 8.98. The largest absolute Gasteiger partial charge is 0.469 e. The zero-order chi connectivity index (χ0) is 17.1. The number of fused-ring (bicyclic) bond motifs is 2. The third-order valence-electron chi connectivity index (χ3n) is 5.11. The maximum atomic E-state index is 12.4. The van der Waals surface area contributed by atoms with Gasteiger partial charge in [0.25, 0.3) is 0 Å². The molecule has 1 aromatic rings. The highest BCUT2D eigenvalue weighted by Crippen LogP contribution is 2.41. The lowest BCUT2D eigenvalue weighted by molar-refractivity contribution is -0.156.